The minimum Gasteiger partial charge on any atom is -0.267 e. The van der Waals surface area contributed by atoms with Crippen molar-refractivity contribution in [1.82, 2.24) is 9.78 Å². The van der Waals surface area contributed by atoms with Crippen molar-refractivity contribution in [3.8, 4) is 11.3 Å². The number of halogens is 10. The highest BCUT2D eigenvalue weighted by atomic mass is 32.2. The normalized spacial score (nSPS) is 13.8. The number of nitrogens with zero attached hydrogens (tertiary/aromatic N) is 2. The first-order valence-corrected chi connectivity index (χ1v) is 8.63. The van der Waals surface area contributed by atoms with Crippen LogP contribution in [-0.2, 0) is 13.0 Å². The zero-order valence-corrected chi connectivity index (χ0v) is 15.4. The molecule has 2 rings (SSSR count). The summed E-state index contributed by atoms with van der Waals surface area (Å²) in [4.78, 5) is 0.134. The van der Waals surface area contributed by atoms with Crippen molar-refractivity contribution >= 4 is 11.8 Å². The molecule has 0 unspecified atom stereocenters. The Kier molecular flexibility index (Phi) is 5.96. The second-order valence-electron chi connectivity index (χ2n) is 6.07. The third-order valence-electron chi connectivity index (χ3n) is 3.83. The number of rotatable bonds is 5. The van der Waals surface area contributed by atoms with Gasteiger partial charge in [0.1, 0.15) is 5.69 Å². The lowest BCUT2D eigenvalue weighted by Crippen LogP contribution is -2.50. The predicted molar refractivity (Wildman–Crippen MR) is 85.1 cm³/mol. The van der Waals surface area contributed by atoms with Crippen molar-refractivity contribution < 1.29 is 43.9 Å². The molecule has 2 nitrogen and oxygen atoms in total. The Balaban J connectivity index is 2.45. The van der Waals surface area contributed by atoms with E-state index >= 15 is 0 Å². The van der Waals surface area contributed by atoms with E-state index in [0.717, 1.165) is 7.05 Å². The number of alkyl halides is 10. The molecule has 0 saturated carbocycles. The summed E-state index contributed by atoms with van der Waals surface area (Å²) in [6.45, 7) is 1.50. The monoisotopic (exact) mass is 454 g/mol. The van der Waals surface area contributed by atoms with Gasteiger partial charge in [-0.1, -0.05) is 12.1 Å². The highest BCUT2D eigenvalue weighted by molar-refractivity contribution is 7.99. The fourth-order valence-electron chi connectivity index (χ4n) is 2.30. The van der Waals surface area contributed by atoms with Gasteiger partial charge in [-0.15, -0.1) is 11.8 Å². The SMILES string of the molecule is Cc1ccc(-c2cc(C(F)(F)C(F)(F)C(F)(F)F)nn2C)cc1SCC(F)(F)F. The first-order chi connectivity index (χ1) is 13.0. The molecule has 162 valence electrons. The summed E-state index contributed by atoms with van der Waals surface area (Å²) >= 11 is 0.417. The molecule has 0 atom stereocenters. The van der Waals surface area contributed by atoms with E-state index in [2.05, 4.69) is 5.10 Å². The van der Waals surface area contributed by atoms with Gasteiger partial charge in [0.15, 0.2) is 0 Å². The van der Waals surface area contributed by atoms with Crippen LogP contribution in [0.15, 0.2) is 29.2 Å². The highest BCUT2D eigenvalue weighted by Gasteiger charge is 2.74. The lowest BCUT2D eigenvalue weighted by atomic mass is 10.1. The third kappa shape index (κ3) is 4.64. The molecule has 0 fully saturated rings. The Morgan fingerprint density at radius 2 is 1.52 bits per heavy atom. The van der Waals surface area contributed by atoms with E-state index < -0.39 is 35.6 Å². The highest BCUT2D eigenvalue weighted by Crippen LogP contribution is 2.51. The number of thioether (sulfide) groups is 1. The number of aryl methyl sites for hydroxylation is 2. The average Bonchev–Trinajstić information content (AvgIpc) is 2.94. The van der Waals surface area contributed by atoms with Crippen molar-refractivity contribution in [2.45, 2.75) is 36.0 Å². The zero-order chi connectivity index (χ0) is 22.4. The van der Waals surface area contributed by atoms with Gasteiger partial charge in [0.25, 0.3) is 0 Å². The molecule has 0 spiro atoms. The van der Waals surface area contributed by atoms with Gasteiger partial charge in [0, 0.05) is 17.5 Å². The first kappa shape index (κ1) is 23.4. The van der Waals surface area contributed by atoms with E-state index in [-0.39, 0.29) is 16.2 Å². The van der Waals surface area contributed by atoms with E-state index in [0.29, 0.717) is 28.1 Å². The van der Waals surface area contributed by atoms with Gasteiger partial charge in [0.05, 0.1) is 11.4 Å². The van der Waals surface area contributed by atoms with Gasteiger partial charge in [0.2, 0.25) is 0 Å². The Morgan fingerprint density at radius 1 is 0.931 bits per heavy atom. The van der Waals surface area contributed by atoms with E-state index in [4.69, 9.17) is 0 Å². The van der Waals surface area contributed by atoms with E-state index in [1.165, 1.54) is 25.1 Å². The van der Waals surface area contributed by atoms with Crippen LogP contribution in [0.1, 0.15) is 11.3 Å². The second-order valence-corrected chi connectivity index (χ2v) is 7.09. The Labute approximate surface area is 161 Å². The largest absolute Gasteiger partial charge is 0.460 e. The van der Waals surface area contributed by atoms with Gasteiger partial charge in [-0.3, -0.25) is 4.68 Å². The summed E-state index contributed by atoms with van der Waals surface area (Å²) < 4.78 is 129. The summed E-state index contributed by atoms with van der Waals surface area (Å²) in [6, 6.07) is 4.20. The van der Waals surface area contributed by atoms with Crippen LogP contribution in [0, 0.1) is 6.92 Å². The fourth-order valence-corrected chi connectivity index (χ4v) is 3.13. The van der Waals surface area contributed by atoms with Crippen LogP contribution in [0.4, 0.5) is 43.9 Å². The molecular formula is C16H12F10N2S. The molecule has 13 heteroatoms. The van der Waals surface area contributed by atoms with Crippen molar-refractivity contribution in [2.75, 3.05) is 5.75 Å². The summed E-state index contributed by atoms with van der Waals surface area (Å²) in [5.74, 6) is -13.3. The van der Waals surface area contributed by atoms with Crippen LogP contribution in [0.2, 0.25) is 0 Å². The molecular weight excluding hydrogens is 442 g/mol. The van der Waals surface area contributed by atoms with E-state index in [1.807, 2.05) is 0 Å². The molecule has 0 bridgehead atoms. The zero-order valence-electron chi connectivity index (χ0n) is 14.6. The van der Waals surface area contributed by atoms with Gasteiger partial charge < -0.3 is 0 Å². The topological polar surface area (TPSA) is 17.8 Å². The Bertz CT molecular complexity index is 883. The molecule has 0 aliphatic rings. The molecule has 2 aromatic rings. The molecule has 0 N–H and O–H groups in total. The molecule has 0 amide bonds. The smallest absolute Gasteiger partial charge is 0.267 e. The molecule has 0 radical (unpaired) electrons. The van der Waals surface area contributed by atoms with Gasteiger partial charge in [-0.2, -0.15) is 49.0 Å². The minimum atomic E-state index is -6.51. The molecule has 1 aromatic carbocycles. The minimum absolute atomic E-state index is 0.0210. The molecule has 29 heavy (non-hydrogen) atoms. The number of hydrogen-bond acceptors (Lipinski definition) is 2. The predicted octanol–water partition coefficient (Wildman–Crippen LogP) is 6.34. The van der Waals surface area contributed by atoms with Crippen molar-refractivity contribution in [3.63, 3.8) is 0 Å². The van der Waals surface area contributed by atoms with Crippen LogP contribution in [-0.4, -0.2) is 33.8 Å². The average molecular weight is 454 g/mol. The summed E-state index contributed by atoms with van der Waals surface area (Å²) in [7, 11) is 1.03. The molecule has 1 aromatic heterocycles. The van der Waals surface area contributed by atoms with Crippen LogP contribution < -0.4 is 0 Å². The van der Waals surface area contributed by atoms with Gasteiger partial charge in [-0.05, 0) is 24.6 Å². The maximum Gasteiger partial charge on any atom is 0.460 e. The van der Waals surface area contributed by atoms with Crippen molar-refractivity contribution in [3.05, 3.63) is 35.5 Å². The van der Waals surface area contributed by atoms with Crippen LogP contribution in [0.25, 0.3) is 11.3 Å². The molecule has 0 aliphatic carbocycles. The summed E-state index contributed by atoms with van der Waals surface area (Å²) in [6.07, 6.45) is -11.0. The Hall–Kier alpha value is -1.92. The van der Waals surface area contributed by atoms with Crippen molar-refractivity contribution in [1.29, 1.82) is 0 Å². The lowest BCUT2D eigenvalue weighted by molar-refractivity contribution is -0.360. The lowest BCUT2D eigenvalue weighted by Gasteiger charge is -2.26. The van der Waals surface area contributed by atoms with Crippen LogP contribution in [0.3, 0.4) is 0 Å². The summed E-state index contributed by atoms with van der Waals surface area (Å²) in [5, 5.41) is 3.08. The number of hydrogen-bond donors (Lipinski definition) is 0. The quantitative estimate of drug-likeness (QED) is 0.388. The number of aromatic nitrogens is 2. The van der Waals surface area contributed by atoms with Crippen LogP contribution in [0.5, 0.6) is 0 Å². The maximum atomic E-state index is 13.9. The Morgan fingerprint density at radius 3 is 2.03 bits per heavy atom. The van der Waals surface area contributed by atoms with Gasteiger partial charge >= 0.3 is 24.2 Å². The maximum absolute atomic E-state index is 13.9. The molecule has 1 heterocycles. The van der Waals surface area contributed by atoms with Crippen molar-refractivity contribution in [2.24, 2.45) is 7.05 Å². The van der Waals surface area contributed by atoms with Crippen LogP contribution >= 0.6 is 11.8 Å². The standard InChI is InChI=1S/C16H12F10N2S/c1-8-3-4-9(5-11(8)29-7-13(17,18)19)10-6-12(27-28(10)2)14(20,21)15(22,23)16(24,25)26/h3-6H,7H2,1-2H3. The second kappa shape index (κ2) is 7.40. The van der Waals surface area contributed by atoms with E-state index in [1.54, 1.807) is 0 Å². The fraction of sp³-hybridized carbons (Fsp3) is 0.438. The summed E-state index contributed by atoms with van der Waals surface area (Å²) in [5.41, 5.74) is -1.64. The molecule has 0 aliphatic heterocycles. The number of benzene rings is 1. The van der Waals surface area contributed by atoms with Gasteiger partial charge in [-0.25, -0.2) is 0 Å². The third-order valence-corrected chi connectivity index (χ3v) is 5.05. The molecule has 0 saturated heterocycles. The first-order valence-electron chi connectivity index (χ1n) is 7.65. The van der Waals surface area contributed by atoms with E-state index in [9.17, 15) is 43.9 Å².